The van der Waals surface area contributed by atoms with Crippen LogP contribution >= 0.6 is 0 Å². The van der Waals surface area contributed by atoms with E-state index in [9.17, 15) is 0 Å². The van der Waals surface area contributed by atoms with Gasteiger partial charge in [0.2, 0.25) is 0 Å². The van der Waals surface area contributed by atoms with Gasteiger partial charge in [0.05, 0.1) is 12.0 Å². The topological polar surface area (TPSA) is 29.9 Å². The van der Waals surface area contributed by atoms with Gasteiger partial charge in [0, 0.05) is 25.3 Å². The van der Waals surface area contributed by atoms with Crippen molar-refractivity contribution in [3.8, 4) is 0 Å². The average molecular weight is 219 g/mol. The Morgan fingerprint density at radius 2 is 2.31 bits per heavy atom. The van der Waals surface area contributed by atoms with Crippen molar-refractivity contribution in [1.29, 1.82) is 0 Å². The van der Waals surface area contributed by atoms with E-state index < -0.39 is 0 Å². The van der Waals surface area contributed by atoms with Crippen molar-refractivity contribution in [2.75, 3.05) is 6.54 Å². The predicted octanol–water partition coefficient (Wildman–Crippen LogP) is 2.50. The monoisotopic (exact) mass is 219 g/mol. The van der Waals surface area contributed by atoms with Crippen LogP contribution in [0.5, 0.6) is 0 Å². The Labute approximate surface area is 97.3 Å². The van der Waals surface area contributed by atoms with E-state index >= 15 is 0 Å². The highest BCUT2D eigenvalue weighted by Crippen LogP contribution is 2.47. The lowest BCUT2D eigenvalue weighted by Crippen LogP contribution is -2.24. The number of hydrogen-bond donors (Lipinski definition) is 1. The molecule has 0 spiro atoms. The van der Waals surface area contributed by atoms with Crippen LogP contribution in [0.25, 0.3) is 0 Å². The molecular formula is C13H21N3. The van der Waals surface area contributed by atoms with Crippen LogP contribution < -0.4 is 5.32 Å². The summed E-state index contributed by atoms with van der Waals surface area (Å²) in [6.45, 7) is 4.47. The summed E-state index contributed by atoms with van der Waals surface area (Å²) in [5, 5.41) is 3.60. The van der Waals surface area contributed by atoms with Crippen LogP contribution in [0.2, 0.25) is 0 Å². The lowest BCUT2D eigenvalue weighted by atomic mass is 10.0. The van der Waals surface area contributed by atoms with E-state index in [-0.39, 0.29) is 0 Å². The fourth-order valence-electron chi connectivity index (χ4n) is 2.44. The summed E-state index contributed by atoms with van der Waals surface area (Å²) in [5.41, 5.74) is 2.00. The van der Waals surface area contributed by atoms with E-state index in [4.69, 9.17) is 0 Å². The summed E-state index contributed by atoms with van der Waals surface area (Å²) in [4.78, 5) is 4.26. The minimum atomic E-state index is 0.643. The van der Waals surface area contributed by atoms with Crippen LogP contribution in [0.1, 0.15) is 50.8 Å². The van der Waals surface area contributed by atoms with Gasteiger partial charge >= 0.3 is 0 Å². The number of hydrogen-bond acceptors (Lipinski definition) is 2. The first-order valence-electron chi connectivity index (χ1n) is 6.54. The van der Waals surface area contributed by atoms with Gasteiger partial charge in [-0.25, -0.2) is 4.98 Å². The molecule has 0 amide bonds. The van der Waals surface area contributed by atoms with Crippen molar-refractivity contribution in [3.63, 3.8) is 0 Å². The third-order valence-electron chi connectivity index (χ3n) is 4.20. The number of imidazole rings is 1. The maximum atomic E-state index is 4.26. The van der Waals surface area contributed by atoms with Gasteiger partial charge < -0.3 is 9.88 Å². The van der Waals surface area contributed by atoms with E-state index in [0.29, 0.717) is 5.41 Å². The molecule has 2 aliphatic rings. The zero-order chi connectivity index (χ0) is 11.0. The number of nitrogens with one attached hydrogen (secondary N) is 1. The first kappa shape index (κ1) is 10.3. The highest BCUT2D eigenvalue weighted by atomic mass is 15.1. The molecule has 88 valence electrons. The second-order valence-electron chi connectivity index (χ2n) is 5.48. The molecule has 0 saturated heterocycles. The lowest BCUT2D eigenvalue weighted by Gasteiger charge is -2.14. The molecule has 2 aliphatic carbocycles. The Balaban J connectivity index is 1.52. The minimum Gasteiger partial charge on any atom is -0.330 e. The van der Waals surface area contributed by atoms with Gasteiger partial charge in [0.15, 0.2) is 0 Å². The molecule has 1 heterocycles. The smallest absolute Gasteiger partial charge is 0.0951 e. The van der Waals surface area contributed by atoms with Crippen molar-refractivity contribution < 1.29 is 0 Å². The van der Waals surface area contributed by atoms with E-state index in [1.165, 1.54) is 44.3 Å². The van der Waals surface area contributed by atoms with Gasteiger partial charge in [0.1, 0.15) is 0 Å². The highest BCUT2D eigenvalue weighted by molar-refractivity contribution is 5.04. The second-order valence-corrected chi connectivity index (χ2v) is 5.48. The van der Waals surface area contributed by atoms with Crippen LogP contribution in [0.4, 0.5) is 0 Å². The van der Waals surface area contributed by atoms with Crippen LogP contribution in [0.15, 0.2) is 12.5 Å². The van der Waals surface area contributed by atoms with Crippen molar-refractivity contribution >= 4 is 0 Å². The third kappa shape index (κ3) is 2.01. The first-order valence-corrected chi connectivity index (χ1v) is 6.54. The molecule has 1 aromatic heterocycles. The molecule has 0 unspecified atom stereocenters. The maximum absolute atomic E-state index is 4.26. The summed E-state index contributed by atoms with van der Waals surface area (Å²) in [6.07, 6.45) is 10.8. The largest absolute Gasteiger partial charge is 0.330 e. The standard InChI is InChI=1S/C13H21N3/c1-2-13(5-6-13)9-14-7-12-8-15-10-16(12)11-3-4-11/h8,10-11,14H,2-7,9H2,1H3. The summed E-state index contributed by atoms with van der Waals surface area (Å²) in [5.74, 6) is 0. The van der Waals surface area contributed by atoms with Crippen LogP contribution in [-0.2, 0) is 6.54 Å². The molecule has 2 fully saturated rings. The summed E-state index contributed by atoms with van der Waals surface area (Å²) in [6, 6.07) is 0.750. The van der Waals surface area contributed by atoms with E-state index in [2.05, 4.69) is 21.8 Å². The second kappa shape index (κ2) is 3.88. The molecule has 0 bridgehead atoms. The molecule has 0 atom stereocenters. The molecule has 16 heavy (non-hydrogen) atoms. The fraction of sp³-hybridized carbons (Fsp3) is 0.769. The fourth-order valence-corrected chi connectivity index (χ4v) is 2.44. The van der Waals surface area contributed by atoms with Crippen molar-refractivity contribution in [2.24, 2.45) is 5.41 Å². The Hall–Kier alpha value is -0.830. The first-order chi connectivity index (χ1) is 7.83. The molecule has 3 rings (SSSR count). The highest BCUT2D eigenvalue weighted by Gasteiger charge is 2.39. The zero-order valence-corrected chi connectivity index (χ0v) is 10.1. The Morgan fingerprint density at radius 3 is 2.94 bits per heavy atom. The molecular weight excluding hydrogens is 198 g/mol. The third-order valence-corrected chi connectivity index (χ3v) is 4.20. The average Bonchev–Trinajstić information content (AvgIpc) is 3.21. The zero-order valence-electron chi connectivity index (χ0n) is 10.1. The summed E-state index contributed by atoms with van der Waals surface area (Å²) in [7, 11) is 0. The van der Waals surface area contributed by atoms with E-state index in [0.717, 1.165) is 12.6 Å². The molecule has 3 nitrogen and oxygen atoms in total. The predicted molar refractivity (Wildman–Crippen MR) is 64.2 cm³/mol. The molecule has 2 saturated carbocycles. The number of rotatable bonds is 6. The molecule has 3 heteroatoms. The van der Waals surface area contributed by atoms with Crippen molar-refractivity contribution in [1.82, 2.24) is 14.9 Å². The van der Waals surface area contributed by atoms with Gasteiger partial charge in [-0.3, -0.25) is 0 Å². The van der Waals surface area contributed by atoms with Crippen molar-refractivity contribution in [2.45, 2.75) is 51.6 Å². The SMILES string of the molecule is CCC1(CNCc2cncn2C2CC2)CC1. The Kier molecular flexibility index (Phi) is 2.51. The Bertz CT molecular complexity index is 361. The van der Waals surface area contributed by atoms with E-state index in [1.807, 2.05) is 12.5 Å². The van der Waals surface area contributed by atoms with Gasteiger partial charge in [-0.15, -0.1) is 0 Å². The normalized spacial score (nSPS) is 22.3. The summed E-state index contributed by atoms with van der Waals surface area (Å²) < 4.78 is 2.35. The minimum absolute atomic E-state index is 0.643. The van der Waals surface area contributed by atoms with E-state index in [1.54, 1.807) is 0 Å². The van der Waals surface area contributed by atoms with Gasteiger partial charge in [-0.05, 0) is 37.5 Å². The number of aromatic nitrogens is 2. The Morgan fingerprint density at radius 1 is 1.50 bits per heavy atom. The molecule has 1 aromatic rings. The van der Waals surface area contributed by atoms with Gasteiger partial charge in [-0.2, -0.15) is 0 Å². The molecule has 0 radical (unpaired) electrons. The van der Waals surface area contributed by atoms with Crippen LogP contribution in [0, 0.1) is 5.41 Å². The quantitative estimate of drug-likeness (QED) is 0.796. The lowest BCUT2D eigenvalue weighted by molar-refractivity contribution is 0.438. The van der Waals surface area contributed by atoms with Crippen LogP contribution in [0.3, 0.4) is 0 Å². The maximum Gasteiger partial charge on any atom is 0.0951 e. The van der Waals surface area contributed by atoms with Gasteiger partial charge in [-0.1, -0.05) is 6.92 Å². The molecule has 1 N–H and O–H groups in total. The van der Waals surface area contributed by atoms with Crippen LogP contribution in [-0.4, -0.2) is 16.1 Å². The molecule has 0 aliphatic heterocycles. The van der Waals surface area contributed by atoms with Gasteiger partial charge in [0.25, 0.3) is 0 Å². The molecule has 0 aromatic carbocycles. The number of nitrogens with zero attached hydrogens (tertiary/aromatic N) is 2. The van der Waals surface area contributed by atoms with Crippen molar-refractivity contribution in [3.05, 3.63) is 18.2 Å². The summed E-state index contributed by atoms with van der Waals surface area (Å²) >= 11 is 0.